The van der Waals surface area contributed by atoms with E-state index < -0.39 is 23.2 Å². The number of alkyl halides is 3. The first-order chi connectivity index (χ1) is 17.7. The highest BCUT2D eigenvalue weighted by molar-refractivity contribution is 7.99. The van der Waals surface area contributed by atoms with E-state index in [2.05, 4.69) is 30.9 Å². The van der Waals surface area contributed by atoms with Gasteiger partial charge < -0.3 is 10.6 Å². The monoisotopic (exact) mass is 543 g/mol. The van der Waals surface area contributed by atoms with Crippen LogP contribution in [0.4, 0.5) is 30.5 Å². The van der Waals surface area contributed by atoms with Crippen molar-refractivity contribution in [1.82, 2.24) is 24.8 Å². The fourth-order valence-electron chi connectivity index (χ4n) is 3.55. The highest BCUT2D eigenvalue weighted by Crippen LogP contribution is 2.35. The van der Waals surface area contributed by atoms with Gasteiger partial charge in [0.05, 0.1) is 16.1 Å². The van der Waals surface area contributed by atoms with Crippen molar-refractivity contribution in [1.29, 1.82) is 0 Å². The maximum atomic E-state index is 13.4. The van der Waals surface area contributed by atoms with E-state index in [1.807, 2.05) is 25.1 Å². The number of H-pyrrole nitrogens is 1. The number of nitrogens with one attached hydrogen (secondary N) is 3. The highest BCUT2D eigenvalue weighted by Gasteiger charge is 2.36. The molecule has 3 aromatic heterocycles. The predicted molar refractivity (Wildman–Crippen MR) is 135 cm³/mol. The summed E-state index contributed by atoms with van der Waals surface area (Å²) in [6.45, 7) is 1.89. The van der Waals surface area contributed by atoms with E-state index in [0.29, 0.717) is 22.5 Å². The minimum atomic E-state index is -4.72. The Hall–Kier alpha value is -4.03. The summed E-state index contributed by atoms with van der Waals surface area (Å²) in [5, 5.41) is 17.4. The maximum absolute atomic E-state index is 13.4. The average molecular weight is 544 g/mol. The zero-order valence-corrected chi connectivity index (χ0v) is 20.5. The van der Waals surface area contributed by atoms with Crippen molar-refractivity contribution in [3.63, 3.8) is 0 Å². The number of hydrogen-bond donors (Lipinski definition) is 3. The fourth-order valence-corrected chi connectivity index (χ4v) is 4.56. The van der Waals surface area contributed by atoms with Gasteiger partial charge in [-0.15, -0.1) is 5.10 Å². The zero-order chi connectivity index (χ0) is 26.2. The number of halogens is 4. The van der Waals surface area contributed by atoms with Crippen LogP contribution in [0.3, 0.4) is 0 Å². The number of aromatic amines is 1. The lowest BCUT2D eigenvalue weighted by Gasteiger charge is -2.14. The number of carbonyl (C=O) groups is 1. The third kappa shape index (κ3) is 5.39. The number of amides is 1. The standard InChI is InChI=1S/C24H17ClF3N7OS/c1-13-12-19(33-32-13)30-21-18-6-3-11-35(18)34-23(31-21)37-15-9-7-14(8-10-15)29-22(36)20-16(24(26,27)28)4-2-5-17(20)25/h2-12H,1H3,(H,29,36)(H2,30,31,32,33,34). The molecule has 5 rings (SSSR count). The SMILES string of the molecule is Cc1cc(Nc2nc(Sc3ccc(NC(=O)c4c(Cl)cccc4C(F)(F)F)cc3)nn3cccc23)n[nH]1. The van der Waals surface area contributed by atoms with Crippen molar-refractivity contribution in [3.05, 3.63) is 88.7 Å². The predicted octanol–water partition coefficient (Wildman–Crippen LogP) is 6.58. The number of aromatic nitrogens is 5. The van der Waals surface area contributed by atoms with Crippen LogP contribution in [-0.4, -0.2) is 30.7 Å². The Labute approximate surface area is 217 Å². The van der Waals surface area contributed by atoms with Crippen LogP contribution >= 0.6 is 23.4 Å². The summed E-state index contributed by atoms with van der Waals surface area (Å²) in [7, 11) is 0. The Morgan fingerprint density at radius 2 is 1.89 bits per heavy atom. The van der Waals surface area contributed by atoms with Gasteiger partial charge in [-0.1, -0.05) is 17.7 Å². The van der Waals surface area contributed by atoms with Crippen LogP contribution in [0.1, 0.15) is 21.6 Å². The molecule has 0 saturated carbocycles. The van der Waals surface area contributed by atoms with Crippen molar-refractivity contribution in [2.75, 3.05) is 10.6 Å². The molecule has 0 spiro atoms. The number of hydrogen-bond acceptors (Lipinski definition) is 6. The molecule has 8 nitrogen and oxygen atoms in total. The molecule has 0 saturated heterocycles. The molecule has 3 N–H and O–H groups in total. The lowest BCUT2D eigenvalue weighted by atomic mass is 10.1. The van der Waals surface area contributed by atoms with Crippen molar-refractivity contribution < 1.29 is 18.0 Å². The first-order valence-corrected chi connectivity index (χ1v) is 12.0. The summed E-state index contributed by atoms with van der Waals surface area (Å²) in [6, 6.07) is 15.3. The van der Waals surface area contributed by atoms with Crippen molar-refractivity contribution in [2.24, 2.45) is 0 Å². The first kappa shape index (κ1) is 24.7. The Morgan fingerprint density at radius 3 is 2.59 bits per heavy atom. The average Bonchev–Trinajstić information content (AvgIpc) is 3.48. The van der Waals surface area contributed by atoms with Gasteiger partial charge in [-0.3, -0.25) is 9.89 Å². The fraction of sp³-hybridized carbons (Fsp3) is 0.0833. The molecule has 13 heteroatoms. The number of fused-ring (bicyclic) bond motifs is 1. The molecule has 188 valence electrons. The summed E-state index contributed by atoms with van der Waals surface area (Å²) in [4.78, 5) is 18.0. The lowest BCUT2D eigenvalue weighted by molar-refractivity contribution is -0.137. The van der Waals surface area contributed by atoms with Gasteiger partial charge in [0.1, 0.15) is 5.52 Å². The van der Waals surface area contributed by atoms with Crippen LogP contribution in [-0.2, 0) is 6.18 Å². The lowest BCUT2D eigenvalue weighted by Crippen LogP contribution is -2.19. The van der Waals surface area contributed by atoms with E-state index in [9.17, 15) is 18.0 Å². The smallest absolute Gasteiger partial charge is 0.322 e. The molecule has 3 heterocycles. The topological polar surface area (TPSA) is 100 Å². The number of nitrogens with zero attached hydrogens (tertiary/aromatic N) is 4. The highest BCUT2D eigenvalue weighted by atomic mass is 35.5. The molecule has 0 fully saturated rings. The van der Waals surface area contributed by atoms with Gasteiger partial charge in [-0.05, 0) is 67.2 Å². The second-order valence-corrected chi connectivity index (χ2v) is 9.33. The van der Waals surface area contributed by atoms with Crippen LogP contribution in [0.25, 0.3) is 5.52 Å². The molecule has 0 aliphatic heterocycles. The van der Waals surface area contributed by atoms with E-state index in [4.69, 9.17) is 11.6 Å². The van der Waals surface area contributed by atoms with Gasteiger partial charge in [0.2, 0.25) is 5.16 Å². The summed E-state index contributed by atoms with van der Waals surface area (Å²) >= 11 is 7.19. The van der Waals surface area contributed by atoms with Gasteiger partial charge in [0, 0.05) is 28.5 Å². The zero-order valence-electron chi connectivity index (χ0n) is 19.0. The van der Waals surface area contributed by atoms with Gasteiger partial charge in [0.25, 0.3) is 5.91 Å². The number of benzene rings is 2. The van der Waals surface area contributed by atoms with E-state index in [1.54, 1.807) is 35.0 Å². The number of rotatable bonds is 6. The molecule has 1 amide bonds. The van der Waals surface area contributed by atoms with Gasteiger partial charge in [0.15, 0.2) is 11.6 Å². The van der Waals surface area contributed by atoms with Crippen molar-refractivity contribution in [3.8, 4) is 0 Å². The van der Waals surface area contributed by atoms with Gasteiger partial charge >= 0.3 is 6.18 Å². The van der Waals surface area contributed by atoms with Crippen LogP contribution < -0.4 is 10.6 Å². The van der Waals surface area contributed by atoms with E-state index >= 15 is 0 Å². The van der Waals surface area contributed by atoms with Crippen LogP contribution in [0.15, 0.2) is 76.9 Å². The molecule has 0 radical (unpaired) electrons. The Balaban J connectivity index is 1.34. The van der Waals surface area contributed by atoms with E-state index in [0.717, 1.165) is 28.2 Å². The first-order valence-electron chi connectivity index (χ1n) is 10.8. The van der Waals surface area contributed by atoms with Gasteiger partial charge in [-0.25, -0.2) is 9.50 Å². The van der Waals surface area contributed by atoms with E-state index in [1.165, 1.54) is 17.8 Å². The maximum Gasteiger partial charge on any atom is 0.417 e. The molecule has 2 aromatic carbocycles. The minimum Gasteiger partial charge on any atom is -0.322 e. The number of aryl methyl sites for hydroxylation is 1. The summed E-state index contributed by atoms with van der Waals surface area (Å²) in [6.07, 6.45) is -2.92. The molecule has 37 heavy (non-hydrogen) atoms. The Morgan fingerprint density at radius 1 is 1.11 bits per heavy atom. The minimum absolute atomic E-state index is 0.286. The molecule has 0 aliphatic carbocycles. The second kappa shape index (κ2) is 9.79. The summed E-state index contributed by atoms with van der Waals surface area (Å²) < 4.78 is 41.7. The second-order valence-electron chi connectivity index (χ2n) is 7.88. The van der Waals surface area contributed by atoms with Crippen molar-refractivity contribution in [2.45, 2.75) is 23.2 Å². The molecule has 0 atom stereocenters. The largest absolute Gasteiger partial charge is 0.417 e. The number of anilines is 3. The number of carbonyl (C=O) groups excluding carboxylic acids is 1. The Bertz CT molecular complexity index is 1600. The van der Waals surface area contributed by atoms with E-state index in [-0.39, 0.29) is 5.02 Å². The molecule has 5 aromatic rings. The third-order valence-corrected chi connectivity index (χ3v) is 6.37. The molecular weight excluding hydrogens is 527 g/mol. The third-order valence-electron chi connectivity index (χ3n) is 5.19. The summed E-state index contributed by atoms with van der Waals surface area (Å²) in [5.41, 5.74) is 0.238. The Kier molecular flexibility index (Phi) is 6.52. The van der Waals surface area contributed by atoms with Crippen LogP contribution in [0.5, 0.6) is 0 Å². The molecule has 0 bridgehead atoms. The van der Waals surface area contributed by atoms with Crippen molar-refractivity contribution >= 4 is 52.1 Å². The normalized spacial score (nSPS) is 11.6. The molecule has 0 unspecified atom stereocenters. The van der Waals surface area contributed by atoms with Crippen LogP contribution in [0.2, 0.25) is 5.02 Å². The summed E-state index contributed by atoms with van der Waals surface area (Å²) in [5.74, 6) is 0.227. The van der Waals surface area contributed by atoms with Gasteiger partial charge in [-0.2, -0.15) is 18.3 Å². The van der Waals surface area contributed by atoms with Crippen LogP contribution in [0, 0.1) is 6.92 Å². The molecular formula is C24H17ClF3N7OS. The molecule has 0 aliphatic rings. The quantitative estimate of drug-likeness (QED) is 0.224.